The van der Waals surface area contributed by atoms with Crippen molar-refractivity contribution in [3.05, 3.63) is 29.8 Å². The third-order valence-corrected chi connectivity index (χ3v) is 5.10. The molecule has 1 saturated heterocycles. The average Bonchev–Trinajstić information content (AvgIpc) is 2.55. The fourth-order valence-corrected chi connectivity index (χ4v) is 3.51. The Morgan fingerprint density at radius 2 is 1.88 bits per heavy atom. The highest BCUT2D eigenvalue weighted by Gasteiger charge is 2.25. The molecule has 0 atom stereocenters. The van der Waals surface area contributed by atoms with Gasteiger partial charge in [-0.2, -0.15) is 0 Å². The van der Waals surface area contributed by atoms with Crippen molar-refractivity contribution in [2.45, 2.75) is 6.42 Å². The lowest BCUT2D eigenvalue weighted by molar-refractivity contribution is -0.134. The zero-order chi connectivity index (χ0) is 18.6. The Balaban J connectivity index is 2.06. The van der Waals surface area contributed by atoms with Gasteiger partial charge in [-0.3, -0.25) is 13.9 Å². The van der Waals surface area contributed by atoms with Crippen LogP contribution in [0.5, 0.6) is 0 Å². The van der Waals surface area contributed by atoms with E-state index in [0.717, 1.165) is 22.7 Å². The summed E-state index contributed by atoms with van der Waals surface area (Å²) in [6.07, 6.45) is 1.46. The number of amides is 2. The van der Waals surface area contributed by atoms with Crippen LogP contribution < -0.4 is 4.31 Å². The molecule has 138 valence electrons. The van der Waals surface area contributed by atoms with Gasteiger partial charge in [0, 0.05) is 45.2 Å². The Morgan fingerprint density at radius 1 is 1.24 bits per heavy atom. The maximum absolute atomic E-state index is 13.9. The van der Waals surface area contributed by atoms with Crippen molar-refractivity contribution in [3.8, 4) is 0 Å². The number of piperazine rings is 1. The lowest BCUT2D eigenvalue weighted by Crippen LogP contribution is -2.48. The topological polar surface area (TPSA) is 78.0 Å². The predicted molar refractivity (Wildman–Crippen MR) is 87.4 cm³/mol. The summed E-state index contributed by atoms with van der Waals surface area (Å²) in [7, 11) is -3.85. The van der Waals surface area contributed by atoms with Crippen LogP contribution >= 0.6 is 0 Å². The van der Waals surface area contributed by atoms with Gasteiger partial charge >= 0.3 is 0 Å². The van der Waals surface area contributed by atoms with Gasteiger partial charge in [-0.25, -0.2) is 17.2 Å². The third-order valence-electron chi connectivity index (χ3n) is 3.92. The Labute approximate surface area is 144 Å². The second-order valence-corrected chi connectivity index (χ2v) is 7.61. The third kappa shape index (κ3) is 4.88. The molecule has 0 aliphatic carbocycles. The highest BCUT2D eigenvalue weighted by molar-refractivity contribution is 7.92. The SMILES string of the molecule is CS(=O)(=O)N(CCC(=O)N1CCN(C=O)CC1)c1ccc(F)cc1F. The molecule has 0 radical (unpaired) electrons. The van der Waals surface area contributed by atoms with Crippen LogP contribution in [0.15, 0.2) is 18.2 Å². The molecule has 1 aromatic rings. The first kappa shape index (κ1) is 19.1. The molecule has 10 heteroatoms. The number of nitrogens with zero attached hydrogens (tertiary/aromatic N) is 3. The Morgan fingerprint density at radius 3 is 2.40 bits per heavy atom. The summed E-state index contributed by atoms with van der Waals surface area (Å²) in [4.78, 5) is 26.0. The van der Waals surface area contributed by atoms with E-state index in [-0.39, 0.29) is 24.6 Å². The molecule has 0 unspecified atom stereocenters. The highest BCUT2D eigenvalue weighted by atomic mass is 32.2. The summed E-state index contributed by atoms with van der Waals surface area (Å²) >= 11 is 0. The summed E-state index contributed by atoms with van der Waals surface area (Å²) in [5, 5.41) is 0. The summed E-state index contributed by atoms with van der Waals surface area (Å²) in [6.45, 7) is 1.30. The molecule has 1 heterocycles. The number of anilines is 1. The van der Waals surface area contributed by atoms with E-state index in [9.17, 15) is 26.8 Å². The van der Waals surface area contributed by atoms with E-state index in [1.54, 1.807) is 4.90 Å². The van der Waals surface area contributed by atoms with E-state index in [4.69, 9.17) is 0 Å². The molecule has 0 spiro atoms. The number of carbonyl (C=O) groups is 2. The lowest BCUT2D eigenvalue weighted by Gasteiger charge is -2.33. The van der Waals surface area contributed by atoms with Gasteiger partial charge in [0.05, 0.1) is 11.9 Å². The monoisotopic (exact) mass is 375 g/mol. The molecule has 1 aromatic carbocycles. The Kier molecular flexibility index (Phi) is 5.93. The standard InChI is InChI=1S/C15H19F2N3O4S/c1-25(23,24)20(14-3-2-12(16)10-13(14)17)5-4-15(22)19-8-6-18(11-21)7-9-19/h2-3,10-11H,4-9H2,1H3. The first-order chi connectivity index (χ1) is 11.7. The minimum atomic E-state index is -3.85. The van der Waals surface area contributed by atoms with E-state index in [2.05, 4.69) is 0 Å². The second-order valence-electron chi connectivity index (χ2n) is 5.70. The van der Waals surface area contributed by atoms with Gasteiger partial charge in [-0.05, 0) is 12.1 Å². The zero-order valence-electron chi connectivity index (χ0n) is 13.7. The van der Waals surface area contributed by atoms with Gasteiger partial charge in [0.1, 0.15) is 11.6 Å². The maximum Gasteiger partial charge on any atom is 0.232 e. The normalized spacial score (nSPS) is 15.2. The summed E-state index contributed by atoms with van der Waals surface area (Å²) in [6, 6.07) is 2.57. The van der Waals surface area contributed by atoms with Crippen molar-refractivity contribution >= 4 is 28.0 Å². The van der Waals surface area contributed by atoms with Crippen LogP contribution in [0.3, 0.4) is 0 Å². The number of sulfonamides is 1. The molecular weight excluding hydrogens is 356 g/mol. The fourth-order valence-electron chi connectivity index (χ4n) is 2.58. The van der Waals surface area contributed by atoms with E-state index in [0.29, 0.717) is 38.7 Å². The molecule has 1 fully saturated rings. The van der Waals surface area contributed by atoms with Crippen LogP contribution in [0.25, 0.3) is 0 Å². The van der Waals surface area contributed by atoms with Crippen LogP contribution in [0.1, 0.15) is 6.42 Å². The number of benzene rings is 1. The van der Waals surface area contributed by atoms with Gasteiger partial charge in [0.15, 0.2) is 0 Å². The molecule has 2 rings (SSSR count). The minimum absolute atomic E-state index is 0.148. The van der Waals surface area contributed by atoms with Gasteiger partial charge in [0.25, 0.3) is 0 Å². The zero-order valence-corrected chi connectivity index (χ0v) is 14.5. The van der Waals surface area contributed by atoms with Crippen LogP contribution in [-0.2, 0) is 19.6 Å². The quantitative estimate of drug-likeness (QED) is 0.676. The molecule has 2 amide bonds. The van der Waals surface area contributed by atoms with Gasteiger partial charge in [-0.15, -0.1) is 0 Å². The molecule has 0 N–H and O–H groups in total. The summed E-state index contributed by atoms with van der Waals surface area (Å²) in [5.74, 6) is -2.13. The van der Waals surface area contributed by atoms with E-state index in [1.165, 1.54) is 4.90 Å². The van der Waals surface area contributed by atoms with Crippen LogP contribution in [0.4, 0.5) is 14.5 Å². The molecule has 0 bridgehead atoms. The maximum atomic E-state index is 13.9. The van der Waals surface area contributed by atoms with E-state index < -0.39 is 21.7 Å². The molecule has 1 aliphatic rings. The molecule has 25 heavy (non-hydrogen) atoms. The molecule has 1 aliphatic heterocycles. The number of halogens is 2. The van der Waals surface area contributed by atoms with Crippen molar-refractivity contribution in [2.75, 3.05) is 43.3 Å². The summed E-state index contributed by atoms with van der Waals surface area (Å²) in [5.41, 5.74) is -0.303. The van der Waals surface area contributed by atoms with E-state index in [1.807, 2.05) is 0 Å². The predicted octanol–water partition coefficient (Wildman–Crippen LogP) is 0.422. The van der Waals surface area contributed by atoms with Crippen molar-refractivity contribution in [1.82, 2.24) is 9.80 Å². The van der Waals surface area contributed by atoms with Crippen molar-refractivity contribution < 1.29 is 26.8 Å². The Hall–Kier alpha value is -2.23. The van der Waals surface area contributed by atoms with Gasteiger partial charge < -0.3 is 9.80 Å². The van der Waals surface area contributed by atoms with Gasteiger partial charge in [0.2, 0.25) is 22.3 Å². The van der Waals surface area contributed by atoms with Crippen LogP contribution in [0.2, 0.25) is 0 Å². The number of hydrogen-bond acceptors (Lipinski definition) is 4. The van der Waals surface area contributed by atoms with Gasteiger partial charge in [-0.1, -0.05) is 0 Å². The van der Waals surface area contributed by atoms with Crippen molar-refractivity contribution in [2.24, 2.45) is 0 Å². The van der Waals surface area contributed by atoms with Crippen LogP contribution in [0, 0.1) is 11.6 Å². The first-order valence-electron chi connectivity index (χ1n) is 7.62. The first-order valence-corrected chi connectivity index (χ1v) is 9.47. The largest absolute Gasteiger partial charge is 0.342 e. The smallest absolute Gasteiger partial charge is 0.232 e. The minimum Gasteiger partial charge on any atom is -0.342 e. The Bertz CT molecular complexity index is 749. The number of rotatable bonds is 6. The summed E-state index contributed by atoms with van der Waals surface area (Å²) < 4.78 is 51.6. The highest BCUT2D eigenvalue weighted by Crippen LogP contribution is 2.23. The molecule has 7 nitrogen and oxygen atoms in total. The number of carbonyl (C=O) groups excluding carboxylic acids is 2. The van der Waals surface area contributed by atoms with Crippen molar-refractivity contribution in [3.63, 3.8) is 0 Å². The molecule has 0 aromatic heterocycles. The lowest BCUT2D eigenvalue weighted by atomic mass is 10.2. The fraction of sp³-hybridized carbons (Fsp3) is 0.467. The van der Waals surface area contributed by atoms with Crippen LogP contribution in [-0.4, -0.2) is 69.5 Å². The molecular formula is C15H19F2N3O4S. The second kappa shape index (κ2) is 7.77. The average molecular weight is 375 g/mol. The van der Waals surface area contributed by atoms with Crippen molar-refractivity contribution in [1.29, 1.82) is 0 Å². The number of hydrogen-bond donors (Lipinski definition) is 0. The molecule has 0 saturated carbocycles. The van der Waals surface area contributed by atoms with E-state index >= 15 is 0 Å².